The third-order valence-corrected chi connectivity index (χ3v) is 3.07. The van der Waals surface area contributed by atoms with E-state index in [-0.39, 0.29) is 0 Å². The predicted octanol–water partition coefficient (Wildman–Crippen LogP) is 2.81. The number of allylic oxidation sites excluding steroid dienone is 2. The topological polar surface area (TPSA) is 17.1 Å². The molecular formula is C11H18O. The minimum atomic E-state index is 0.301. The second-order valence-electron chi connectivity index (χ2n) is 4.49. The van der Waals surface area contributed by atoms with E-state index in [0.29, 0.717) is 23.7 Å². The van der Waals surface area contributed by atoms with E-state index in [2.05, 4.69) is 32.9 Å². The van der Waals surface area contributed by atoms with Crippen molar-refractivity contribution in [1.29, 1.82) is 0 Å². The molecule has 0 N–H and O–H groups in total. The third-order valence-electron chi connectivity index (χ3n) is 3.07. The van der Waals surface area contributed by atoms with Gasteiger partial charge in [-0.1, -0.05) is 32.9 Å². The first-order valence-electron chi connectivity index (χ1n) is 4.68. The van der Waals surface area contributed by atoms with Gasteiger partial charge in [-0.2, -0.15) is 0 Å². The minimum Gasteiger partial charge on any atom is -0.303 e. The van der Waals surface area contributed by atoms with E-state index >= 15 is 0 Å². The summed E-state index contributed by atoms with van der Waals surface area (Å²) < 4.78 is 0. The number of aldehydes is 1. The first-order chi connectivity index (χ1) is 5.58. The molecule has 1 aliphatic rings. The van der Waals surface area contributed by atoms with Crippen molar-refractivity contribution < 1.29 is 4.79 Å². The zero-order valence-electron chi connectivity index (χ0n) is 8.21. The maximum Gasteiger partial charge on any atom is 0.120 e. The van der Waals surface area contributed by atoms with Crippen LogP contribution >= 0.6 is 0 Å². The summed E-state index contributed by atoms with van der Waals surface area (Å²) in [6.45, 7) is 6.70. The lowest BCUT2D eigenvalue weighted by atomic mass is 9.66. The normalized spacial score (nSPS) is 33.2. The number of rotatable bonds is 2. The van der Waals surface area contributed by atoms with Crippen molar-refractivity contribution in [3.05, 3.63) is 12.2 Å². The fraction of sp³-hybridized carbons (Fsp3) is 0.727. The average Bonchev–Trinajstić information content (AvgIpc) is 1.97. The summed E-state index contributed by atoms with van der Waals surface area (Å²) >= 11 is 0. The van der Waals surface area contributed by atoms with E-state index in [1.54, 1.807) is 0 Å². The van der Waals surface area contributed by atoms with Crippen LogP contribution in [0.1, 0.15) is 33.6 Å². The minimum absolute atomic E-state index is 0.301. The lowest BCUT2D eigenvalue weighted by molar-refractivity contribution is -0.109. The van der Waals surface area contributed by atoms with E-state index in [9.17, 15) is 4.79 Å². The van der Waals surface area contributed by atoms with Crippen molar-refractivity contribution in [3.8, 4) is 0 Å². The molecule has 2 atom stereocenters. The van der Waals surface area contributed by atoms with Crippen molar-refractivity contribution in [2.45, 2.75) is 33.6 Å². The zero-order valence-corrected chi connectivity index (χ0v) is 8.21. The number of hydrogen-bond donors (Lipinski definition) is 0. The summed E-state index contributed by atoms with van der Waals surface area (Å²) in [5.41, 5.74) is 0.301. The van der Waals surface area contributed by atoms with Crippen LogP contribution in [0.3, 0.4) is 0 Å². The van der Waals surface area contributed by atoms with Crippen molar-refractivity contribution in [1.82, 2.24) is 0 Å². The molecule has 0 aliphatic heterocycles. The molecule has 0 amide bonds. The number of carbonyl (C=O) groups excluding carboxylic acids is 1. The third kappa shape index (κ3) is 1.77. The van der Waals surface area contributed by atoms with Gasteiger partial charge in [-0.25, -0.2) is 0 Å². The quantitative estimate of drug-likeness (QED) is 0.455. The Morgan fingerprint density at radius 1 is 1.58 bits per heavy atom. The lowest BCUT2D eigenvalue weighted by Crippen LogP contribution is -2.31. The molecule has 1 heteroatoms. The highest BCUT2D eigenvalue weighted by molar-refractivity contribution is 5.50. The zero-order chi connectivity index (χ0) is 9.19. The summed E-state index contributed by atoms with van der Waals surface area (Å²) in [6, 6.07) is 0. The molecule has 1 nitrogen and oxygen atoms in total. The molecule has 12 heavy (non-hydrogen) atoms. The van der Waals surface area contributed by atoms with Gasteiger partial charge in [0.25, 0.3) is 0 Å². The van der Waals surface area contributed by atoms with Gasteiger partial charge in [0, 0.05) is 6.42 Å². The summed E-state index contributed by atoms with van der Waals surface area (Å²) in [5.74, 6) is 1.08. The number of carbonyl (C=O) groups is 1. The van der Waals surface area contributed by atoms with Crippen LogP contribution in [0.5, 0.6) is 0 Å². The van der Waals surface area contributed by atoms with E-state index in [0.717, 1.165) is 12.7 Å². The van der Waals surface area contributed by atoms with Gasteiger partial charge in [-0.05, 0) is 23.7 Å². The number of hydrogen-bond acceptors (Lipinski definition) is 1. The molecule has 0 heterocycles. The molecule has 0 aromatic rings. The van der Waals surface area contributed by atoms with Crippen LogP contribution in [0.2, 0.25) is 0 Å². The van der Waals surface area contributed by atoms with Crippen LogP contribution in [-0.2, 0) is 4.79 Å². The van der Waals surface area contributed by atoms with E-state index in [4.69, 9.17) is 0 Å². The fourth-order valence-electron chi connectivity index (χ4n) is 2.22. The van der Waals surface area contributed by atoms with Crippen LogP contribution in [0.4, 0.5) is 0 Å². The Balaban J connectivity index is 2.76. The largest absolute Gasteiger partial charge is 0.303 e. The van der Waals surface area contributed by atoms with Gasteiger partial charge in [0.1, 0.15) is 6.29 Å². The van der Waals surface area contributed by atoms with E-state index < -0.39 is 0 Å². The maximum atomic E-state index is 10.5. The maximum absolute atomic E-state index is 10.5. The SMILES string of the molecule is C[C@H]1C=CCC(C)(C)[C@H]1CC=O. The molecule has 68 valence electrons. The second kappa shape index (κ2) is 3.42. The van der Waals surface area contributed by atoms with Gasteiger partial charge >= 0.3 is 0 Å². The molecule has 0 spiro atoms. The van der Waals surface area contributed by atoms with Gasteiger partial charge < -0.3 is 4.79 Å². The highest BCUT2D eigenvalue weighted by Crippen LogP contribution is 2.41. The first kappa shape index (κ1) is 9.50. The lowest BCUT2D eigenvalue weighted by Gasteiger charge is -2.38. The van der Waals surface area contributed by atoms with Crippen LogP contribution in [0.15, 0.2) is 12.2 Å². The highest BCUT2D eigenvalue weighted by atomic mass is 16.1. The summed E-state index contributed by atoms with van der Waals surface area (Å²) in [7, 11) is 0. The molecule has 0 fully saturated rings. The van der Waals surface area contributed by atoms with Crippen LogP contribution in [-0.4, -0.2) is 6.29 Å². The Labute approximate surface area is 74.9 Å². The second-order valence-corrected chi connectivity index (χ2v) is 4.49. The highest BCUT2D eigenvalue weighted by Gasteiger charge is 2.33. The average molecular weight is 166 g/mol. The first-order valence-corrected chi connectivity index (χ1v) is 4.68. The molecule has 0 aromatic heterocycles. The van der Waals surface area contributed by atoms with Crippen LogP contribution in [0, 0.1) is 17.3 Å². The standard InChI is InChI=1S/C11H18O/c1-9-5-4-7-11(2,3)10(9)6-8-12/h4-5,8-10H,6-7H2,1-3H3/t9-,10-/m0/s1. The van der Waals surface area contributed by atoms with Crippen molar-refractivity contribution in [3.63, 3.8) is 0 Å². The monoisotopic (exact) mass is 166 g/mol. The van der Waals surface area contributed by atoms with Crippen molar-refractivity contribution in [2.75, 3.05) is 0 Å². The van der Waals surface area contributed by atoms with Gasteiger partial charge in [-0.3, -0.25) is 0 Å². The molecule has 0 aromatic carbocycles. The van der Waals surface area contributed by atoms with Crippen molar-refractivity contribution in [2.24, 2.45) is 17.3 Å². The van der Waals surface area contributed by atoms with Gasteiger partial charge in [0.2, 0.25) is 0 Å². The summed E-state index contributed by atoms with van der Waals surface area (Å²) in [4.78, 5) is 10.5. The Morgan fingerprint density at radius 2 is 2.25 bits per heavy atom. The van der Waals surface area contributed by atoms with Crippen LogP contribution < -0.4 is 0 Å². The molecule has 1 rings (SSSR count). The fourth-order valence-corrected chi connectivity index (χ4v) is 2.22. The molecule has 0 bridgehead atoms. The van der Waals surface area contributed by atoms with E-state index in [1.165, 1.54) is 0 Å². The Kier molecular flexibility index (Phi) is 2.71. The van der Waals surface area contributed by atoms with Crippen molar-refractivity contribution >= 4 is 6.29 Å². The van der Waals surface area contributed by atoms with Gasteiger partial charge in [0.15, 0.2) is 0 Å². The Bertz CT molecular complexity index is 191. The van der Waals surface area contributed by atoms with Gasteiger partial charge in [-0.15, -0.1) is 0 Å². The molecular weight excluding hydrogens is 148 g/mol. The predicted molar refractivity (Wildman–Crippen MR) is 50.9 cm³/mol. The molecule has 0 unspecified atom stereocenters. The summed E-state index contributed by atoms with van der Waals surface area (Å²) in [5, 5.41) is 0. The van der Waals surface area contributed by atoms with Crippen LogP contribution in [0.25, 0.3) is 0 Å². The smallest absolute Gasteiger partial charge is 0.120 e. The Hall–Kier alpha value is -0.590. The molecule has 0 radical (unpaired) electrons. The molecule has 1 aliphatic carbocycles. The summed E-state index contributed by atoms with van der Waals surface area (Å²) in [6.07, 6.45) is 7.35. The molecule has 0 saturated heterocycles. The Morgan fingerprint density at radius 3 is 2.75 bits per heavy atom. The molecule has 0 saturated carbocycles. The van der Waals surface area contributed by atoms with Gasteiger partial charge in [0.05, 0.1) is 0 Å². The van der Waals surface area contributed by atoms with E-state index in [1.807, 2.05) is 0 Å².